The number of aliphatic hydroxyl groups is 1. The average molecular weight is 454 g/mol. The molecule has 3 heterocycles. The molecular formula is C23H23N3O3S2. The molecule has 0 radical (unpaired) electrons. The van der Waals surface area contributed by atoms with Crippen molar-refractivity contribution in [2.45, 2.75) is 56.4 Å². The van der Waals surface area contributed by atoms with Crippen LogP contribution in [0, 0.1) is 5.92 Å². The fourth-order valence-electron chi connectivity index (χ4n) is 4.40. The first kappa shape index (κ1) is 20.6. The molecule has 0 fully saturated rings. The normalized spacial score (nSPS) is 18.6. The molecule has 0 saturated carbocycles. The van der Waals surface area contributed by atoms with Crippen LogP contribution in [0.5, 0.6) is 0 Å². The van der Waals surface area contributed by atoms with Crippen LogP contribution in [0.2, 0.25) is 0 Å². The van der Waals surface area contributed by atoms with Gasteiger partial charge in [0.2, 0.25) is 0 Å². The summed E-state index contributed by atoms with van der Waals surface area (Å²) in [5, 5.41) is 14.2. The van der Waals surface area contributed by atoms with Gasteiger partial charge >= 0.3 is 0 Å². The molecule has 2 aromatic heterocycles. The molecule has 8 heteroatoms. The van der Waals surface area contributed by atoms with Gasteiger partial charge in [-0.3, -0.25) is 9.59 Å². The summed E-state index contributed by atoms with van der Waals surface area (Å²) >= 11 is 3.02. The molecule has 2 atom stereocenters. The number of nitrogens with one attached hydrogen (secondary N) is 1. The number of nitrogens with zero attached hydrogens (tertiary/aromatic N) is 2. The Morgan fingerprint density at radius 2 is 2.23 bits per heavy atom. The first-order valence-corrected chi connectivity index (χ1v) is 12.2. The van der Waals surface area contributed by atoms with Crippen LogP contribution in [0.1, 0.15) is 42.2 Å². The number of Topliss-reactive ketones (excluding diaryl/α,β-unsaturated/α-hetero) is 1. The second-order valence-corrected chi connectivity index (χ2v) is 10.5. The third-order valence-electron chi connectivity index (χ3n) is 6.10. The van der Waals surface area contributed by atoms with Crippen LogP contribution in [0.15, 0.2) is 29.4 Å². The minimum Gasteiger partial charge on any atom is -0.386 e. The van der Waals surface area contributed by atoms with Gasteiger partial charge in [0.05, 0.1) is 5.39 Å². The van der Waals surface area contributed by atoms with Gasteiger partial charge in [0, 0.05) is 28.3 Å². The van der Waals surface area contributed by atoms with E-state index in [1.54, 1.807) is 17.7 Å². The molecule has 6 nitrogen and oxygen atoms in total. The van der Waals surface area contributed by atoms with Gasteiger partial charge in [-0.25, -0.2) is 9.97 Å². The van der Waals surface area contributed by atoms with Gasteiger partial charge < -0.3 is 10.4 Å². The predicted octanol–water partition coefficient (Wildman–Crippen LogP) is 4.44. The minimum atomic E-state index is -0.872. The van der Waals surface area contributed by atoms with Gasteiger partial charge in [0.15, 0.2) is 10.9 Å². The van der Waals surface area contributed by atoms with Gasteiger partial charge in [-0.05, 0) is 61.8 Å². The molecule has 2 unspecified atom stereocenters. The standard InChI is InChI=1S/C23H23N3O3S2/c1-12(27)17(28)7-3-13-2-6-16-19(8-13)31-23-21(16)22(24-11-25-23)26-15-5-4-14-9-20(29)30-18(14)10-15/h4-5,10-13,27H,2-3,6-9H2,1H3,(H,24,25,26). The number of rotatable bonds is 6. The Hall–Kier alpha value is -2.29. The zero-order chi connectivity index (χ0) is 21.5. The Morgan fingerprint density at radius 3 is 3.06 bits per heavy atom. The maximum absolute atomic E-state index is 11.8. The molecule has 31 heavy (non-hydrogen) atoms. The SMILES string of the molecule is CC(O)C(=O)CCC1CCc2c(sc3ncnc(Nc4ccc5c(c4)SC(=O)C5)c23)C1. The summed E-state index contributed by atoms with van der Waals surface area (Å²) in [5.74, 6) is 1.19. The summed E-state index contributed by atoms with van der Waals surface area (Å²) in [6.07, 6.45) is 5.39. The number of thioether (sulfide) groups is 1. The van der Waals surface area contributed by atoms with Crippen molar-refractivity contribution < 1.29 is 14.7 Å². The molecule has 0 spiro atoms. The third-order valence-corrected chi connectivity index (χ3v) is 8.24. The Balaban J connectivity index is 1.38. The number of carbonyl (C=O) groups is 2. The van der Waals surface area contributed by atoms with E-state index >= 15 is 0 Å². The first-order valence-electron chi connectivity index (χ1n) is 10.5. The van der Waals surface area contributed by atoms with E-state index in [4.69, 9.17) is 0 Å². The summed E-state index contributed by atoms with van der Waals surface area (Å²) in [4.78, 5) is 35.9. The first-order chi connectivity index (χ1) is 15.0. The van der Waals surface area contributed by atoms with E-state index in [2.05, 4.69) is 15.3 Å². The van der Waals surface area contributed by atoms with Crippen molar-refractivity contribution in [3.8, 4) is 0 Å². The average Bonchev–Trinajstić information content (AvgIpc) is 3.30. The molecule has 1 aromatic carbocycles. The lowest BCUT2D eigenvalue weighted by Gasteiger charge is -2.22. The largest absolute Gasteiger partial charge is 0.386 e. The quantitative estimate of drug-likeness (QED) is 0.570. The van der Waals surface area contributed by atoms with Crippen LogP contribution in [-0.2, 0) is 28.9 Å². The van der Waals surface area contributed by atoms with Gasteiger partial charge in [-0.2, -0.15) is 0 Å². The zero-order valence-corrected chi connectivity index (χ0v) is 18.8. The van der Waals surface area contributed by atoms with Gasteiger partial charge in [-0.1, -0.05) is 17.8 Å². The third kappa shape index (κ3) is 4.12. The van der Waals surface area contributed by atoms with E-state index in [0.717, 1.165) is 57.9 Å². The Kier molecular flexibility index (Phi) is 5.54. The molecule has 0 amide bonds. The summed E-state index contributed by atoms with van der Waals surface area (Å²) in [5.41, 5.74) is 3.32. The highest BCUT2D eigenvalue weighted by atomic mass is 32.2. The lowest BCUT2D eigenvalue weighted by molar-refractivity contribution is -0.126. The monoisotopic (exact) mass is 453 g/mol. The van der Waals surface area contributed by atoms with Gasteiger partial charge in [0.1, 0.15) is 23.1 Å². The molecule has 2 N–H and O–H groups in total. The number of aryl methyl sites for hydroxylation is 1. The van der Waals surface area contributed by atoms with Crippen LogP contribution < -0.4 is 5.32 Å². The number of ketones is 1. The maximum atomic E-state index is 11.8. The number of benzene rings is 1. The molecule has 5 rings (SSSR count). The second kappa shape index (κ2) is 8.33. The van der Waals surface area contributed by atoms with E-state index in [0.29, 0.717) is 18.8 Å². The zero-order valence-electron chi connectivity index (χ0n) is 17.2. The Bertz CT molecular complexity index is 1190. The van der Waals surface area contributed by atoms with Crippen LogP contribution in [0.3, 0.4) is 0 Å². The maximum Gasteiger partial charge on any atom is 0.198 e. The molecule has 2 aliphatic rings. The fourth-order valence-corrected chi connectivity index (χ4v) is 6.63. The lowest BCUT2D eigenvalue weighted by atomic mass is 9.84. The number of thiophene rings is 1. The van der Waals surface area contributed by atoms with Crippen molar-refractivity contribution >= 4 is 55.7 Å². The number of anilines is 2. The van der Waals surface area contributed by atoms with Gasteiger partial charge in [0.25, 0.3) is 0 Å². The number of aromatic nitrogens is 2. The molecule has 160 valence electrons. The summed E-state index contributed by atoms with van der Waals surface area (Å²) in [6, 6.07) is 6.03. The number of hydrogen-bond acceptors (Lipinski definition) is 8. The van der Waals surface area contributed by atoms with Crippen LogP contribution in [0.25, 0.3) is 10.2 Å². The number of carbonyl (C=O) groups excluding carboxylic acids is 2. The van der Waals surface area contributed by atoms with Crippen LogP contribution >= 0.6 is 23.1 Å². The fraction of sp³-hybridized carbons (Fsp3) is 0.391. The van der Waals surface area contributed by atoms with E-state index < -0.39 is 6.10 Å². The summed E-state index contributed by atoms with van der Waals surface area (Å²) < 4.78 is 0. The topological polar surface area (TPSA) is 92.2 Å². The van der Waals surface area contributed by atoms with Crippen LogP contribution in [0.4, 0.5) is 11.5 Å². The highest BCUT2D eigenvalue weighted by Gasteiger charge is 2.26. The Morgan fingerprint density at radius 1 is 1.35 bits per heavy atom. The lowest BCUT2D eigenvalue weighted by Crippen LogP contribution is -2.19. The molecule has 1 aliphatic heterocycles. The molecule has 1 aliphatic carbocycles. The Labute approximate surface area is 188 Å². The molecule has 0 saturated heterocycles. The van der Waals surface area contributed by atoms with E-state index in [-0.39, 0.29) is 10.9 Å². The van der Waals surface area contributed by atoms with Crippen molar-refractivity contribution in [2.75, 3.05) is 5.32 Å². The van der Waals surface area contributed by atoms with E-state index in [1.807, 2.05) is 18.2 Å². The smallest absolute Gasteiger partial charge is 0.198 e. The van der Waals surface area contributed by atoms with Crippen molar-refractivity contribution in [1.29, 1.82) is 0 Å². The predicted molar refractivity (Wildman–Crippen MR) is 123 cm³/mol. The van der Waals surface area contributed by atoms with Crippen molar-refractivity contribution in [3.05, 3.63) is 40.5 Å². The van der Waals surface area contributed by atoms with E-state index in [1.165, 1.54) is 29.1 Å². The minimum absolute atomic E-state index is 0.0753. The van der Waals surface area contributed by atoms with Gasteiger partial charge in [-0.15, -0.1) is 11.3 Å². The van der Waals surface area contributed by atoms with Crippen LogP contribution in [-0.4, -0.2) is 32.1 Å². The molecule has 0 bridgehead atoms. The van der Waals surface area contributed by atoms with Crippen molar-refractivity contribution in [1.82, 2.24) is 9.97 Å². The van der Waals surface area contributed by atoms with Crippen molar-refractivity contribution in [3.63, 3.8) is 0 Å². The number of hydrogen-bond donors (Lipinski definition) is 2. The highest BCUT2D eigenvalue weighted by Crippen LogP contribution is 2.42. The second-order valence-electron chi connectivity index (χ2n) is 8.29. The summed E-state index contributed by atoms with van der Waals surface area (Å²) in [7, 11) is 0. The highest BCUT2D eigenvalue weighted by molar-refractivity contribution is 8.14. The number of fused-ring (bicyclic) bond motifs is 4. The van der Waals surface area contributed by atoms with Crippen molar-refractivity contribution in [2.24, 2.45) is 5.92 Å². The molecule has 3 aromatic rings. The molecular weight excluding hydrogens is 430 g/mol. The number of aliphatic hydroxyl groups excluding tert-OH is 1. The summed E-state index contributed by atoms with van der Waals surface area (Å²) in [6.45, 7) is 1.54. The van der Waals surface area contributed by atoms with E-state index in [9.17, 15) is 14.7 Å².